The lowest BCUT2D eigenvalue weighted by Gasteiger charge is -2.28. The van der Waals surface area contributed by atoms with Crippen molar-refractivity contribution in [3.63, 3.8) is 0 Å². The molecule has 3 aromatic heterocycles. The lowest BCUT2D eigenvalue weighted by Crippen LogP contribution is -2.16. The fourth-order valence-electron chi connectivity index (χ4n) is 22.3. The van der Waals surface area contributed by atoms with Gasteiger partial charge in [-0.1, -0.05) is 314 Å². The van der Waals surface area contributed by atoms with Gasteiger partial charge in [0, 0.05) is 94.1 Å². The zero-order valence-electron chi connectivity index (χ0n) is 76.0. The van der Waals surface area contributed by atoms with Crippen molar-refractivity contribution in [1.82, 2.24) is 9.13 Å². The summed E-state index contributed by atoms with van der Waals surface area (Å²) in [5.74, 6) is 0. The van der Waals surface area contributed by atoms with Gasteiger partial charge in [-0.15, -0.1) is 0 Å². The first kappa shape index (κ1) is 79.6. The van der Waals surface area contributed by atoms with Gasteiger partial charge < -0.3 is 23.4 Å². The van der Waals surface area contributed by atoms with Crippen molar-refractivity contribution < 1.29 is 4.42 Å². The van der Waals surface area contributed by atoms with Gasteiger partial charge in [0.2, 0.25) is 0 Å². The molecule has 5 nitrogen and oxygen atoms in total. The maximum atomic E-state index is 6.15. The van der Waals surface area contributed by atoms with E-state index in [0.717, 1.165) is 67.2 Å². The van der Waals surface area contributed by atoms with Crippen LogP contribution in [0.1, 0.15) is 97.2 Å². The molecule has 22 aromatic rings. The average Bonchev–Trinajstić information content (AvgIpc) is 1.52. The first-order valence-corrected chi connectivity index (χ1v) is 46.3. The molecule has 0 aliphatic heterocycles. The minimum Gasteiger partial charge on any atom is -0.456 e. The van der Waals surface area contributed by atoms with E-state index in [1.54, 1.807) is 0 Å². The van der Waals surface area contributed by atoms with Gasteiger partial charge in [0.05, 0.1) is 22.1 Å². The standard InChI is InChI=1S/C68H54N2.C59H44N2O/c1-43-36-44(2)38-50(37-43)49-24-32-56-58-34-31-54(42-64(58)68(5,6)62(56)40-49)70-65-19-13-11-17-59(65)60-39-48(25-35-66(60)70)47-22-28-52(29-23-47)69(51-26-20-46(21-27-51)45-14-8-7-9-15-45)53-30-33-57-55-16-10-12-18-61(55)67(3,4)63(57)41-53;1-37-17-18-38(2)56(33-37)61-54-15-9-6-12-48(54)50-34-41(23-31-55(50)61)39-19-25-43(26-20-39)60(45-29-30-47-46-11-5-8-14-52(46)59(3,4)53(47)36-45)44-27-21-40(22-28-44)42-24-32-58-51(35-42)49-13-7-10-16-57(49)62-58/h7-42H,1-6H3;5-36H,1-4H3. The molecule has 19 aromatic carbocycles. The van der Waals surface area contributed by atoms with Crippen LogP contribution in [-0.2, 0) is 16.2 Å². The Hall–Kier alpha value is -15.8. The Kier molecular flexibility index (Phi) is 18.5. The Labute approximate surface area is 771 Å². The summed E-state index contributed by atoms with van der Waals surface area (Å²) in [4.78, 5) is 4.82. The summed E-state index contributed by atoms with van der Waals surface area (Å²) >= 11 is 0. The topological polar surface area (TPSA) is 29.5 Å². The van der Waals surface area contributed by atoms with Crippen LogP contribution in [0.25, 0.3) is 166 Å². The highest BCUT2D eigenvalue weighted by molar-refractivity contribution is 6.13. The maximum Gasteiger partial charge on any atom is 0.135 e. The van der Waals surface area contributed by atoms with Crippen LogP contribution in [-0.4, -0.2) is 9.13 Å². The molecule has 0 N–H and O–H groups in total. The molecule has 132 heavy (non-hydrogen) atoms. The van der Waals surface area contributed by atoms with Crippen LogP contribution in [0.3, 0.4) is 0 Å². The number of anilines is 6. The van der Waals surface area contributed by atoms with Crippen LogP contribution in [0.5, 0.6) is 0 Å². The second-order valence-electron chi connectivity index (χ2n) is 38.3. The van der Waals surface area contributed by atoms with Crippen LogP contribution < -0.4 is 9.80 Å². The maximum absolute atomic E-state index is 6.15. The van der Waals surface area contributed by atoms with Crippen LogP contribution in [0.2, 0.25) is 0 Å². The lowest BCUT2D eigenvalue weighted by molar-refractivity contribution is 0.660. The normalized spacial score (nSPS) is 13.4. The number of nitrogens with zero attached hydrogens (tertiary/aromatic N) is 4. The highest BCUT2D eigenvalue weighted by Gasteiger charge is 2.40. The first-order chi connectivity index (χ1) is 64.3. The predicted octanol–water partition coefficient (Wildman–Crippen LogP) is 34.9. The fraction of sp³-hybridized carbons (Fsp3) is 0.102. The second-order valence-corrected chi connectivity index (χ2v) is 38.3. The monoisotopic (exact) mass is 1690 g/mol. The largest absolute Gasteiger partial charge is 0.456 e. The molecule has 0 unspecified atom stereocenters. The minimum atomic E-state index is -0.155. The van der Waals surface area contributed by atoms with Crippen LogP contribution in [0, 0.1) is 27.7 Å². The summed E-state index contributed by atoms with van der Waals surface area (Å²) in [7, 11) is 0. The average molecular weight is 1700 g/mol. The number of rotatable bonds is 13. The van der Waals surface area contributed by atoms with E-state index in [0.29, 0.717) is 0 Å². The third-order valence-corrected chi connectivity index (χ3v) is 29.1. The van der Waals surface area contributed by atoms with Crippen molar-refractivity contribution in [2.45, 2.75) is 85.5 Å². The van der Waals surface area contributed by atoms with Crippen molar-refractivity contribution in [3.05, 3.63) is 468 Å². The van der Waals surface area contributed by atoms with E-state index < -0.39 is 0 Å². The van der Waals surface area contributed by atoms with Crippen LogP contribution >= 0.6 is 0 Å². The number of fused-ring (bicyclic) bond motifs is 18. The van der Waals surface area contributed by atoms with Crippen molar-refractivity contribution in [3.8, 4) is 100 Å². The highest BCUT2D eigenvalue weighted by Crippen LogP contribution is 2.56. The number of hydrogen-bond donors (Lipinski definition) is 0. The quantitative estimate of drug-likeness (QED) is 0.115. The van der Waals surface area contributed by atoms with Gasteiger partial charge in [-0.25, -0.2) is 0 Å². The Balaban J connectivity index is 0.000000147. The Morgan fingerprint density at radius 3 is 1.10 bits per heavy atom. The number of aryl methyl sites for hydroxylation is 4. The zero-order chi connectivity index (χ0) is 89.2. The summed E-state index contributed by atoms with van der Waals surface area (Å²) in [6.45, 7) is 23.0. The van der Waals surface area contributed by atoms with Crippen LogP contribution in [0.15, 0.2) is 417 Å². The van der Waals surface area contributed by atoms with Gasteiger partial charge in [-0.05, 0) is 313 Å². The van der Waals surface area contributed by atoms with E-state index in [1.165, 1.54) is 189 Å². The smallest absolute Gasteiger partial charge is 0.135 e. The van der Waals surface area contributed by atoms with Crippen molar-refractivity contribution in [1.29, 1.82) is 0 Å². The molecule has 0 amide bonds. The summed E-state index contributed by atoms with van der Waals surface area (Å²) in [6.07, 6.45) is 0. The molecule has 0 atom stereocenters. The Morgan fingerprint density at radius 1 is 0.205 bits per heavy atom. The highest BCUT2D eigenvalue weighted by atomic mass is 16.3. The van der Waals surface area contributed by atoms with Gasteiger partial charge in [-0.3, -0.25) is 0 Å². The Morgan fingerprint density at radius 2 is 0.561 bits per heavy atom. The number of furan rings is 1. The zero-order valence-corrected chi connectivity index (χ0v) is 76.0. The van der Waals surface area contributed by atoms with E-state index in [2.05, 4.69) is 489 Å². The van der Waals surface area contributed by atoms with E-state index in [9.17, 15) is 0 Å². The molecule has 3 aliphatic rings. The van der Waals surface area contributed by atoms with E-state index >= 15 is 0 Å². The number of para-hydroxylation sites is 3. The van der Waals surface area contributed by atoms with Gasteiger partial charge >= 0.3 is 0 Å². The van der Waals surface area contributed by atoms with E-state index in [4.69, 9.17) is 4.42 Å². The molecule has 0 bridgehead atoms. The molecule has 0 radical (unpaired) electrons. The first-order valence-electron chi connectivity index (χ1n) is 46.3. The molecule has 0 saturated carbocycles. The van der Waals surface area contributed by atoms with Crippen molar-refractivity contribution in [2.75, 3.05) is 9.80 Å². The number of benzene rings is 19. The number of hydrogen-bond acceptors (Lipinski definition) is 3. The molecule has 0 fully saturated rings. The summed E-state index contributed by atoms with van der Waals surface area (Å²) < 4.78 is 11.0. The van der Waals surface area contributed by atoms with Crippen molar-refractivity contribution >= 4 is 99.7 Å². The molecule has 3 heterocycles. The van der Waals surface area contributed by atoms with Gasteiger partial charge in [0.1, 0.15) is 11.2 Å². The lowest BCUT2D eigenvalue weighted by atomic mass is 9.81. The Bertz CT molecular complexity index is 8420. The molecular formula is C127H98N4O. The third-order valence-electron chi connectivity index (χ3n) is 29.1. The number of aromatic nitrogens is 2. The molecule has 0 spiro atoms. The van der Waals surface area contributed by atoms with Crippen molar-refractivity contribution in [2.24, 2.45) is 0 Å². The summed E-state index contributed by atoms with van der Waals surface area (Å²) in [5, 5.41) is 7.30. The molecule has 25 rings (SSSR count). The molecule has 632 valence electrons. The van der Waals surface area contributed by atoms with Gasteiger partial charge in [-0.2, -0.15) is 0 Å². The second kappa shape index (κ2) is 30.7. The predicted molar refractivity (Wildman–Crippen MR) is 557 cm³/mol. The van der Waals surface area contributed by atoms with Crippen LogP contribution in [0.4, 0.5) is 34.1 Å². The molecule has 0 saturated heterocycles. The van der Waals surface area contributed by atoms with Gasteiger partial charge in [0.25, 0.3) is 0 Å². The summed E-state index contributed by atoms with van der Waals surface area (Å²) in [6, 6.07) is 153. The van der Waals surface area contributed by atoms with Gasteiger partial charge in [0.15, 0.2) is 0 Å². The third kappa shape index (κ3) is 13.0. The SMILES string of the molecule is Cc1cc(C)cc(-c2ccc3c(c2)C(C)(C)c2cc(-n4c5ccccc5c5cc(-c6ccc(N(c7ccc(-c8ccccc8)cc7)c7ccc8c(c7)C(C)(C)c7ccccc7-8)cc6)ccc54)ccc2-3)c1.Cc1ccc(C)c(-n2c3ccccc3c3cc(-c4ccc(N(c5ccc(-c6ccc7oc8ccccc8c7c6)cc5)c5ccc6c(c5)C(C)(C)c5ccccc5-6)cc4)ccc32)c1. The summed E-state index contributed by atoms with van der Waals surface area (Å²) in [5.41, 5.74) is 48.8. The molecule has 3 aliphatic carbocycles. The minimum absolute atomic E-state index is 0.106. The molecule has 5 heteroatoms. The van der Waals surface area contributed by atoms with E-state index in [1.807, 2.05) is 12.1 Å². The fourth-order valence-corrected chi connectivity index (χ4v) is 22.3. The van der Waals surface area contributed by atoms with E-state index in [-0.39, 0.29) is 16.2 Å². The molecular weight excluding hydrogens is 1600 g/mol.